The normalized spacial score (nSPS) is 12.6. The van der Waals surface area contributed by atoms with Crippen molar-refractivity contribution in [3.8, 4) is 16.4 Å². The van der Waals surface area contributed by atoms with Crippen LogP contribution in [0.2, 0.25) is 23.3 Å². The standard InChI is InChI=1S/C19H25ClN4OSSi/c1-13-11-16(24-9-7-15(23-24)18-21-8-10-26-18)14(17(20)22-13)12-25-27(5,6)19(2,3)4/h7-11H,12H2,1-6H3. The van der Waals surface area contributed by atoms with Gasteiger partial charge in [-0.2, -0.15) is 5.10 Å². The number of halogens is 1. The summed E-state index contributed by atoms with van der Waals surface area (Å²) in [5.74, 6) is 0. The first-order valence-corrected chi connectivity index (χ1v) is 13.0. The van der Waals surface area contributed by atoms with E-state index in [4.69, 9.17) is 21.1 Å². The molecule has 8 heteroatoms. The highest BCUT2D eigenvalue weighted by atomic mass is 35.5. The second-order valence-electron chi connectivity index (χ2n) is 8.08. The van der Waals surface area contributed by atoms with Crippen molar-refractivity contribution in [2.45, 2.75) is 52.4 Å². The summed E-state index contributed by atoms with van der Waals surface area (Å²) < 4.78 is 8.24. The van der Waals surface area contributed by atoms with Crippen LogP contribution in [0.1, 0.15) is 32.0 Å². The Bertz CT molecular complexity index is 932. The van der Waals surface area contributed by atoms with Crippen LogP contribution in [0.3, 0.4) is 0 Å². The minimum absolute atomic E-state index is 0.126. The van der Waals surface area contributed by atoms with E-state index in [0.717, 1.165) is 27.6 Å². The fourth-order valence-corrected chi connectivity index (χ4v) is 4.20. The molecular weight excluding hydrogens is 396 g/mol. The molecule has 0 amide bonds. The van der Waals surface area contributed by atoms with Gasteiger partial charge in [0.25, 0.3) is 0 Å². The molecule has 3 rings (SSSR count). The highest BCUT2D eigenvalue weighted by molar-refractivity contribution is 7.13. The van der Waals surface area contributed by atoms with E-state index in [1.165, 1.54) is 0 Å². The van der Waals surface area contributed by atoms with E-state index in [1.807, 2.05) is 35.3 Å². The lowest BCUT2D eigenvalue weighted by molar-refractivity contribution is 0.275. The second-order valence-corrected chi connectivity index (χ2v) is 14.1. The molecule has 0 aromatic carbocycles. The van der Waals surface area contributed by atoms with Crippen LogP contribution in [0.25, 0.3) is 16.4 Å². The van der Waals surface area contributed by atoms with E-state index < -0.39 is 8.32 Å². The highest BCUT2D eigenvalue weighted by Crippen LogP contribution is 2.38. The smallest absolute Gasteiger partial charge is 0.192 e. The number of rotatable bonds is 5. The third kappa shape index (κ3) is 4.32. The van der Waals surface area contributed by atoms with E-state index >= 15 is 0 Å². The average molecular weight is 421 g/mol. The molecule has 0 aliphatic heterocycles. The zero-order chi connectivity index (χ0) is 19.8. The molecule has 0 aliphatic rings. The molecular formula is C19H25ClN4OSSi. The van der Waals surface area contributed by atoms with Crippen molar-refractivity contribution in [3.63, 3.8) is 0 Å². The van der Waals surface area contributed by atoms with Crippen LogP contribution in [0, 0.1) is 6.92 Å². The van der Waals surface area contributed by atoms with Gasteiger partial charge in [-0.25, -0.2) is 14.6 Å². The maximum atomic E-state index is 6.51. The van der Waals surface area contributed by atoms with Gasteiger partial charge in [0.05, 0.1) is 12.3 Å². The van der Waals surface area contributed by atoms with Crippen molar-refractivity contribution >= 4 is 31.3 Å². The minimum Gasteiger partial charge on any atom is -0.412 e. The molecule has 0 aliphatic carbocycles. The van der Waals surface area contributed by atoms with Gasteiger partial charge in [0.1, 0.15) is 15.9 Å². The Morgan fingerprint density at radius 2 is 2.04 bits per heavy atom. The Balaban J connectivity index is 1.96. The van der Waals surface area contributed by atoms with Gasteiger partial charge in [-0.15, -0.1) is 11.3 Å². The molecule has 27 heavy (non-hydrogen) atoms. The summed E-state index contributed by atoms with van der Waals surface area (Å²) >= 11 is 8.07. The summed E-state index contributed by atoms with van der Waals surface area (Å²) in [6, 6.07) is 3.95. The molecule has 0 N–H and O–H groups in total. The fourth-order valence-electron chi connectivity index (χ4n) is 2.37. The van der Waals surface area contributed by atoms with Gasteiger partial charge in [0, 0.05) is 29.0 Å². The molecule has 0 radical (unpaired) electrons. The predicted molar refractivity (Wildman–Crippen MR) is 114 cm³/mol. The summed E-state index contributed by atoms with van der Waals surface area (Å²) in [6.45, 7) is 13.5. The highest BCUT2D eigenvalue weighted by Gasteiger charge is 2.37. The van der Waals surface area contributed by atoms with Crippen LogP contribution < -0.4 is 0 Å². The van der Waals surface area contributed by atoms with Crippen LogP contribution >= 0.6 is 22.9 Å². The molecule has 5 nitrogen and oxygen atoms in total. The van der Waals surface area contributed by atoms with Gasteiger partial charge in [0.15, 0.2) is 8.32 Å². The van der Waals surface area contributed by atoms with Crippen molar-refractivity contribution in [2.24, 2.45) is 0 Å². The first-order chi connectivity index (χ1) is 12.6. The topological polar surface area (TPSA) is 52.8 Å². The summed E-state index contributed by atoms with van der Waals surface area (Å²) in [7, 11) is -1.91. The summed E-state index contributed by atoms with van der Waals surface area (Å²) in [4.78, 5) is 8.76. The monoisotopic (exact) mass is 420 g/mol. The van der Waals surface area contributed by atoms with Gasteiger partial charge in [-0.05, 0) is 37.2 Å². The molecule has 0 unspecified atom stereocenters. The van der Waals surface area contributed by atoms with Crippen molar-refractivity contribution < 1.29 is 4.43 Å². The maximum absolute atomic E-state index is 6.51. The van der Waals surface area contributed by atoms with Crippen LogP contribution in [-0.2, 0) is 11.0 Å². The number of pyridine rings is 1. The third-order valence-electron chi connectivity index (χ3n) is 5.05. The molecule has 144 valence electrons. The molecule has 3 heterocycles. The third-order valence-corrected chi connectivity index (χ3v) is 10.6. The number of nitrogens with zero attached hydrogens (tertiary/aromatic N) is 4. The summed E-state index contributed by atoms with van der Waals surface area (Å²) in [5.41, 5.74) is 3.44. The van der Waals surface area contributed by atoms with Crippen LogP contribution in [0.5, 0.6) is 0 Å². The quantitative estimate of drug-likeness (QED) is 0.382. The second kappa shape index (κ2) is 7.47. The maximum Gasteiger partial charge on any atom is 0.192 e. The molecule has 0 saturated carbocycles. The molecule has 3 aromatic rings. The number of thiazole rings is 1. The summed E-state index contributed by atoms with van der Waals surface area (Å²) in [6.07, 6.45) is 3.71. The van der Waals surface area contributed by atoms with Crippen LogP contribution in [0.15, 0.2) is 29.9 Å². The molecule has 0 fully saturated rings. The number of aromatic nitrogens is 4. The Morgan fingerprint density at radius 3 is 2.67 bits per heavy atom. The SMILES string of the molecule is Cc1cc(-n2ccc(-c3nccs3)n2)c(CO[Si](C)(C)C(C)(C)C)c(Cl)n1. The van der Waals surface area contributed by atoms with Gasteiger partial charge in [-0.3, -0.25) is 0 Å². The first kappa shape index (κ1) is 20.2. The van der Waals surface area contributed by atoms with Gasteiger partial charge in [0.2, 0.25) is 0 Å². The van der Waals surface area contributed by atoms with E-state index in [0.29, 0.717) is 11.8 Å². The zero-order valence-electron chi connectivity index (χ0n) is 16.6. The number of aryl methyl sites for hydroxylation is 1. The van der Waals surface area contributed by atoms with Gasteiger partial charge < -0.3 is 4.43 Å². The lowest BCUT2D eigenvalue weighted by atomic mass is 10.2. The van der Waals surface area contributed by atoms with E-state index in [-0.39, 0.29) is 5.04 Å². The summed E-state index contributed by atoms with van der Waals surface area (Å²) in [5, 5.41) is 8.13. The molecule has 0 bridgehead atoms. The van der Waals surface area contributed by atoms with Crippen molar-refractivity contribution in [3.05, 3.63) is 46.3 Å². The van der Waals surface area contributed by atoms with Crippen LogP contribution in [-0.4, -0.2) is 28.1 Å². The van der Waals surface area contributed by atoms with E-state index in [1.54, 1.807) is 17.5 Å². The lowest BCUT2D eigenvalue weighted by Crippen LogP contribution is -2.40. The lowest BCUT2D eigenvalue weighted by Gasteiger charge is -2.36. The predicted octanol–water partition coefficient (Wildman–Crippen LogP) is 5.87. The van der Waals surface area contributed by atoms with Crippen LogP contribution in [0.4, 0.5) is 0 Å². The Hall–Kier alpha value is -1.54. The van der Waals surface area contributed by atoms with Gasteiger partial charge in [-0.1, -0.05) is 32.4 Å². The van der Waals surface area contributed by atoms with E-state index in [9.17, 15) is 0 Å². The molecule has 0 spiro atoms. The molecule has 0 saturated heterocycles. The van der Waals surface area contributed by atoms with Crippen molar-refractivity contribution in [2.75, 3.05) is 0 Å². The van der Waals surface area contributed by atoms with Crippen molar-refractivity contribution in [1.82, 2.24) is 19.7 Å². The Morgan fingerprint density at radius 1 is 1.30 bits per heavy atom. The number of hydrogen-bond acceptors (Lipinski definition) is 5. The Kier molecular flexibility index (Phi) is 5.58. The van der Waals surface area contributed by atoms with Gasteiger partial charge >= 0.3 is 0 Å². The molecule has 3 aromatic heterocycles. The molecule has 0 atom stereocenters. The average Bonchev–Trinajstić information content (AvgIpc) is 3.23. The number of hydrogen-bond donors (Lipinski definition) is 0. The van der Waals surface area contributed by atoms with Crippen molar-refractivity contribution in [1.29, 1.82) is 0 Å². The zero-order valence-corrected chi connectivity index (χ0v) is 19.1. The van der Waals surface area contributed by atoms with E-state index in [2.05, 4.69) is 43.8 Å². The Labute approximate surface area is 170 Å². The first-order valence-electron chi connectivity index (χ1n) is 8.84. The minimum atomic E-state index is -1.91. The fraction of sp³-hybridized carbons (Fsp3) is 0.421. The largest absolute Gasteiger partial charge is 0.412 e.